The summed E-state index contributed by atoms with van der Waals surface area (Å²) in [5, 5.41) is 0. The lowest BCUT2D eigenvalue weighted by Crippen LogP contribution is -2.53. The third kappa shape index (κ3) is 3.29. The van der Waals surface area contributed by atoms with Crippen molar-refractivity contribution in [2.24, 2.45) is 5.84 Å². The van der Waals surface area contributed by atoms with E-state index in [2.05, 4.69) is 36.0 Å². The van der Waals surface area contributed by atoms with Crippen molar-refractivity contribution in [3.8, 4) is 0 Å². The first kappa shape index (κ1) is 14.8. The molecule has 0 saturated carbocycles. The number of hydrogen-bond acceptors (Lipinski definition) is 4. The van der Waals surface area contributed by atoms with Crippen LogP contribution in [-0.4, -0.2) is 42.5 Å². The van der Waals surface area contributed by atoms with Gasteiger partial charge >= 0.3 is 0 Å². The number of hydrogen-bond donors (Lipinski definition) is 2. The molecule has 2 rings (SSSR count). The minimum absolute atomic E-state index is 0.231. The second-order valence-electron chi connectivity index (χ2n) is 6.17. The van der Waals surface area contributed by atoms with Crippen LogP contribution in [0.1, 0.15) is 31.1 Å². The second kappa shape index (κ2) is 5.81. The molecule has 1 aromatic carbocycles. The first-order chi connectivity index (χ1) is 9.41. The van der Waals surface area contributed by atoms with Crippen LogP contribution in [0, 0.1) is 0 Å². The van der Waals surface area contributed by atoms with Gasteiger partial charge in [-0.1, -0.05) is 0 Å². The number of nitrogens with one attached hydrogen (secondary N) is 1. The number of benzene rings is 1. The van der Waals surface area contributed by atoms with Crippen molar-refractivity contribution in [3.63, 3.8) is 0 Å². The largest absolute Gasteiger partial charge is 0.369 e. The summed E-state index contributed by atoms with van der Waals surface area (Å²) in [4.78, 5) is 16.3. The Bertz CT molecular complexity index is 456. The topological polar surface area (TPSA) is 61.6 Å². The lowest BCUT2D eigenvalue weighted by atomic mass is 10.0. The summed E-state index contributed by atoms with van der Waals surface area (Å²) in [5.41, 5.74) is 4.12. The van der Waals surface area contributed by atoms with Crippen molar-refractivity contribution >= 4 is 11.6 Å². The second-order valence-corrected chi connectivity index (χ2v) is 6.17. The molecule has 1 heterocycles. The van der Waals surface area contributed by atoms with E-state index in [-0.39, 0.29) is 11.4 Å². The normalized spacial score (nSPS) is 17.1. The van der Waals surface area contributed by atoms with Gasteiger partial charge in [-0.25, -0.2) is 5.84 Å². The SMILES string of the molecule is CC(C)(C)N1CCN(c2ccc(C(=O)NN)cc2)CC1. The van der Waals surface area contributed by atoms with Crippen LogP contribution in [-0.2, 0) is 0 Å². The minimum Gasteiger partial charge on any atom is -0.369 e. The molecule has 1 aliphatic heterocycles. The van der Waals surface area contributed by atoms with Gasteiger partial charge in [0, 0.05) is 43.0 Å². The standard InChI is InChI=1S/C15H24N4O/c1-15(2,3)19-10-8-18(9-11-19)13-6-4-12(5-7-13)14(20)17-16/h4-7H,8-11,16H2,1-3H3,(H,17,20). The van der Waals surface area contributed by atoms with Crippen LogP contribution in [0.5, 0.6) is 0 Å². The van der Waals surface area contributed by atoms with Crippen molar-refractivity contribution in [2.45, 2.75) is 26.3 Å². The summed E-state index contributed by atoms with van der Waals surface area (Å²) >= 11 is 0. The smallest absolute Gasteiger partial charge is 0.265 e. The van der Waals surface area contributed by atoms with E-state index in [1.54, 1.807) is 0 Å². The Kier molecular flexibility index (Phi) is 4.30. The molecule has 1 aromatic rings. The van der Waals surface area contributed by atoms with Gasteiger partial charge in [-0.05, 0) is 45.0 Å². The molecule has 0 unspecified atom stereocenters. The molecule has 1 amide bonds. The number of amides is 1. The summed E-state index contributed by atoms with van der Waals surface area (Å²) in [7, 11) is 0. The quantitative estimate of drug-likeness (QED) is 0.484. The van der Waals surface area contributed by atoms with Gasteiger partial charge < -0.3 is 4.90 Å². The van der Waals surface area contributed by atoms with Crippen LogP contribution in [0.2, 0.25) is 0 Å². The maximum Gasteiger partial charge on any atom is 0.265 e. The maximum absolute atomic E-state index is 11.4. The van der Waals surface area contributed by atoms with Gasteiger partial charge in [-0.15, -0.1) is 0 Å². The summed E-state index contributed by atoms with van der Waals surface area (Å²) in [5.74, 6) is 4.87. The third-order valence-electron chi connectivity index (χ3n) is 3.85. The van der Waals surface area contributed by atoms with Gasteiger partial charge in [-0.3, -0.25) is 15.1 Å². The Balaban J connectivity index is 1.99. The molecule has 0 spiro atoms. The summed E-state index contributed by atoms with van der Waals surface area (Å²) in [6.07, 6.45) is 0. The Morgan fingerprint density at radius 3 is 2.10 bits per heavy atom. The highest BCUT2D eigenvalue weighted by molar-refractivity contribution is 5.94. The summed E-state index contributed by atoms with van der Waals surface area (Å²) < 4.78 is 0. The number of nitrogen functional groups attached to an aromatic ring is 1. The fourth-order valence-corrected chi connectivity index (χ4v) is 2.54. The van der Waals surface area contributed by atoms with E-state index < -0.39 is 0 Å². The molecule has 5 nitrogen and oxygen atoms in total. The highest BCUT2D eigenvalue weighted by Gasteiger charge is 2.25. The van der Waals surface area contributed by atoms with Crippen molar-refractivity contribution in [3.05, 3.63) is 29.8 Å². The number of piperazine rings is 1. The molecule has 5 heteroatoms. The molecular formula is C15H24N4O. The van der Waals surface area contributed by atoms with E-state index in [1.165, 1.54) is 0 Å². The third-order valence-corrected chi connectivity index (χ3v) is 3.85. The molecule has 1 aliphatic rings. The van der Waals surface area contributed by atoms with Crippen molar-refractivity contribution in [1.29, 1.82) is 0 Å². The Morgan fingerprint density at radius 2 is 1.65 bits per heavy atom. The van der Waals surface area contributed by atoms with E-state index >= 15 is 0 Å². The molecule has 0 aromatic heterocycles. The van der Waals surface area contributed by atoms with E-state index in [9.17, 15) is 4.79 Å². The number of carbonyl (C=O) groups excluding carboxylic acids is 1. The lowest BCUT2D eigenvalue weighted by Gasteiger charge is -2.43. The fraction of sp³-hybridized carbons (Fsp3) is 0.533. The van der Waals surface area contributed by atoms with Crippen molar-refractivity contribution in [2.75, 3.05) is 31.1 Å². The maximum atomic E-state index is 11.4. The van der Waals surface area contributed by atoms with Crippen LogP contribution in [0.15, 0.2) is 24.3 Å². The molecule has 110 valence electrons. The molecule has 0 aliphatic carbocycles. The zero-order valence-electron chi connectivity index (χ0n) is 12.5. The van der Waals surface area contributed by atoms with Gasteiger partial charge in [-0.2, -0.15) is 0 Å². The number of carbonyl (C=O) groups is 1. The zero-order chi connectivity index (χ0) is 14.8. The van der Waals surface area contributed by atoms with Crippen LogP contribution >= 0.6 is 0 Å². The summed E-state index contributed by atoms with van der Waals surface area (Å²) in [6.45, 7) is 10.9. The number of nitrogens with zero attached hydrogens (tertiary/aromatic N) is 2. The average molecular weight is 276 g/mol. The van der Waals surface area contributed by atoms with E-state index in [1.807, 2.05) is 24.3 Å². The van der Waals surface area contributed by atoms with Crippen LogP contribution in [0.4, 0.5) is 5.69 Å². The number of hydrazine groups is 1. The van der Waals surface area contributed by atoms with E-state index in [0.29, 0.717) is 5.56 Å². The Hall–Kier alpha value is -1.59. The number of rotatable bonds is 2. The van der Waals surface area contributed by atoms with E-state index in [0.717, 1.165) is 31.9 Å². The molecule has 3 N–H and O–H groups in total. The monoisotopic (exact) mass is 276 g/mol. The zero-order valence-corrected chi connectivity index (χ0v) is 12.5. The van der Waals surface area contributed by atoms with Crippen molar-refractivity contribution < 1.29 is 4.79 Å². The van der Waals surface area contributed by atoms with Gasteiger partial charge in [0.25, 0.3) is 5.91 Å². The van der Waals surface area contributed by atoms with E-state index in [4.69, 9.17) is 5.84 Å². The Morgan fingerprint density at radius 1 is 1.10 bits per heavy atom. The van der Waals surface area contributed by atoms with Crippen LogP contribution < -0.4 is 16.2 Å². The molecular weight excluding hydrogens is 252 g/mol. The molecule has 20 heavy (non-hydrogen) atoms. The average Bonchev–Trinajstić information content (AvgIpc) is 2.46. The molecule has 0 bridgehead atoms. The highest BCUT2D eigenvalue weighted by Crippen LogP contribution is 2.21. The molecule has 0 atom stereocenters. The Labute approximate surface area is 120 Å². The van der Waals surface area contributed by atoms with Gasteiger partial charge in [0.15, 0.2) is 0 Å². The van der Waals surface area contributed by atoms with Gasteiger partial charge in [0.1, 0.15) is 0 Å². The van der Waals surface area contributed by atoms with Gasteiger partial charge in [0.05, 0.1) is 0 Å². The minimum atomic E-state index is -0.255. The van der Waals surface area contributed by atoms with Crippen molar-refractivity contribution in [1.82, 2.24) is 10.3 Å². The lowest BCUT2D eigenvalue weighted by molar-refractivity contribution is 0.0953. The number of anilines is 1. The summed E-state index contributed by atoms with van der Waals surface area (Å²) in [6, 6.07) is 7.59. The predicted molar refractivity (Wildman–Crippen MR) is 81.6 cm³/mol. The first-order valence-electron chi connectivity index (χ1n) is 7.03. The molecule has 0 radical (unpaired) electrons. The highest BCUT2D eigenvalue weighted by atomic mass is 16.2. The van der Waals surface area contributed by atoms with Crippen LogP contribution in [0.25, 0.3) is 0 Å². The predicted octanol–water partition coefficient (Wildman–Crippen LogP) is 1.21. The number of nitrogens with two attached hydrogens (primary N) is 1. The van der Waals surface area contributed by atoms with Crippen LogP contribution in [0.3, 0.4) is 0 Å². The fourth-order valence-electron chi connectivity index (χ4n) is 2.54. The molecule has 1 fully saturated rings. The molecule has 1 saturated heterocycles. The van der Waals surface area contributed by atoms with Gasteiger partial charge in [0.2, 0.25) is 0 Å². The first-order valence-corrected chi connectivity index (χ1v) is 7.03.